The van der Waals surface area contributed by atoms with Crippen LogP contribution in [0.15, 0.2) is 53.7 Å². The van der Waals surface area contributed by atoms with Crippen molar-refractivity contribution in [2.45, 2.75) is 67.9 Å². The molecule has 2 aromatic carbocycles. The number of methoxy groups -OCH3 is 1. The van der Waals surface area contributed by atoms with Crippen molar-refractivity contribution in [3.05, 3.63) is 65.5 Å². The molecular formula is C28H31F3N4O3S. The number of hydrogen-bond donors (Lipinski definition) is 1. The lowest BCUT2D eigenvalue weighted by Gasteiger charge is -2.28. The molecule has 7 nitrogen and oxygen atoms in total. The largest absolute Gasteiger partial charge is 0.497 e. The zero-order valence-electron chi connectivity index (χ0n) is 21.7. The number of hydrogen-bond acceptors (Lipinski definition) is 6. The van der Waals surface area contributed by atoms with Gasteiger partial charge in [0.25, 0.3) is 0 Å². The highest BCUT2D eigenvalue weighted by Gasteiger charge is 2.42. The maximum Gasteiger partial charge on any atom is 0.416 e. The molecule has 0 unspecified atom stereocenters. The minimum Gasteiger partial charge on any atom is -0.497 e. The summed E-state index contributed by atoms with van der Waals surface area (Å²) in [6.45, 7) is 0.735. The SMILES string of the molecule is COc1ccc(C2(C(=O)NCc3nnc(SC[C@H]4CCCO4)n3-c3cccc(C(F)(F)F)c3)CCCC2)cc1. The molecule has 1 amide bonds. The molecule has 11 heteroatoms. The predicted molar refractivity (Wildman–Crippen MR) is 141 cm³/mol. The predicted octanol–water partition coefficient (Wildman–Crippen LogP) is 5.69. The third-order valence-electron chi connectivity index (χ3n) is 7.50. The van der Waals surface area contributed by atoms with Crippen LogP contribution in [-0.4, -0.2) is 46.2 Å². The highest BCUT2D eigenvalue weighted by Crippen LogP contribution is 2.42. The molecule has 2 aliphatic rings. The van der Waals surface area contributed by atoms with Gasteiger partial charge < -0.3 is 14.8 Å². The van der Waals surface area contributed by atoms with E-state index in [1.165, 1.54) is 17.8 Å². The van der Waals surface area contributed by atoms with Gasteiger partial charge in [0.2, 0.25) is 5.91 Å². The van der Waals surface area contributed by atoms with Crippen molar-refractivity contribution in [3.8, 4) is 11.4 Å². The average Bonchev–Trinajstić information content (AvgIpc) is 3.72. The third kappa shape index (κ3) is 5.94. The molecule has 1 aliphatic carbocycles. The fourth-order valence-corrected chi connectivity index (χ4v) is 6.43. The minimum absolute atomic E-state index is 0.0282. The van der Waals surface area contributed by atoms with Gasteiger partial charge in [-0.3, -0.25) is 9.36 Å². The molecular weight excluding hydrogens is 529 g/mol. The summed E-state index contributed by atoms with van der Waals surface area (Å²) in [6.07, 6.45) is 0.795. The standard InChI is InChI=1S/C28H31F3N4O3S/c1-37-22-11-9-19(10-12-22)27(13-2-3-14-27)25(36)32-17-24-33-34-26(39-18-23-8-5-15-38-23)35(24)21-7-4-6-20(16-21)28(29,30)31/h4,6-7,9-12,16,23H,2-3,5,8,13-15,17-18H2,1H3,(H,32,36)/t23-/m1/s1. The van der Waals surface area contributed by atoms with Crippen molar-refractivity contribution in [3.63, 3.8) is 0 Å². The fourth-order valence-electron chi connectivity index (χ4n) is 5.40. The number of nitrogens with zero attached hydrogens (tertiary/aromatic N) is 3. The Bertz CT molecular complexity index is 1280. The lowest BCUT2D eigenvalue weighted by Crippen LogP contribution is -2.42. The Morgan fingerprint density at radius 1 is 1.15 bits per heavy atom. The van der Waals surface area contributed by atoms with Crippen LogP contribution >= 0.6 is 11.8 Å². The minimum atomic E-state index is -4.49. The van der Waals surface area contributed by atoms with Crippen molar-refractivity contribution >= 4 is 17.7 Å². The lowest BCUT2D eigenvalue weighted by molar-refractivity contribution is -0.137. The Kier molecular flexibility index (Phi) is 8.18. The summed E-state index contributed by atoms with van der Waals surface area (Å²) in [5.41, 5.74) is -0.224. The van der Waals surface area contributed by atoms with Crippen LogP contribution in [0.4, 0.5) is 13.2 Å². The number of halogens is 3. The second-order valence-corrected chi connectivity index (χ2v) is 10.9. The molecule has 1 atom stereocenters. The molecule has 0 bridgehead atoms. The van der Waals surface area contributed by atoms with E-state index in [0.29, 0.717) is 41.9 Å². The van der Waals surface area contributed by atoms with Crippen molar-refractivity contribution in [1.82, 2.24) is 20.1 Å². The maximum absolute atomic E-state index is 13.7. The highest BCUT2D eigenvalue weighted by atomic mass is 32.2. The van der Waals surface area contributed by atoms with E-state index in [-0.39, 0.29) is 18.6 Å². The summed E-state index contributed by atoms with van der Waals surface area (Å²) < 4.78 is 53.1. The molecule has 3 aromatic rings. The van der Waals surface area contributed by atoms with Gasteiger partial charge in [-0.1, -0.05) is 42.8 Å². The first kappa shape index (κ1) is 27.5. The van der Waals surface area contributed by atoms with E-state index in [1.54, 1.807) is 17.7 Å². The number of thioether (sulfide) groups is 1. The van der Waals surface area contributed by atoms with Crippen LogP contribution in [0.1, 0.15) is 55.5 Å². The van der Waals surface area contributed by atoms with Gasteiger partial charge in [0, 0.05) is 12.4 Å². The molecule has 0 radical (unpaired) electrons. The van der Waals surface area contributed by atoms with Crippen LogP contribution < -0.4 is 10.1 Å². The highest BCUT2D eigenvalue weighted by molar-refractivity contribution is 7.99. The van der Waals surface area contributed by atoms with Crippen LogP contribution in [0, 0.1) is 0 Å². The van der Waals surface area contributed by atoms with E-state index >= 15 is 0 Å². The molecule has 208 valence electrons. The Labute approximate surface area is 229 Å². The van der Waals surface area contributed by atoms with Crippen LogP contribution in [0.5, 0.6) is 5.75 Å². The number of ether oxygens (including phenoxy) is 2. The van der Waals surface area contributed by atoms with Crippen LogP contribution in [0.2, 0.25) is 0 Å². The van der Waals surface area contributed by atoms with Gasteiger partial charge in [-0.15, -0.1) is 10.2 Å². The third-order valence-corrected chi connectivity index (χ3v) is 8.56. The van der Waals surface area contributed by atoms with E-state index in [2.05, 4.69) is 15.5 Å². The summed E-state index contributed by atoms with van der Waals surface area (Å²) in [4.78, 5) is 13.7. The Morgan fingerprint density at radius 2 is 1.92 bits per heavy atom. The second kappa shape index (κ2) is 11.6. The molecule has 5 rings (SSSR count). The zero-order valence-corrected chi connectivity index (χ0v) is 22.5. The topological polar surface area (TPSA) is 78.3 Å². The first-order chi connectivity index (χ1) is 18.8. The molecule has 0 spiro atoms. The summed E-state index contributed by atoms with van der Waals surface area (Å²) in [7, 11) is 1.60. The Hall–Kier alpha value is -3.05. The van der Waals surface area contributed by atoms with E-state index in [1.807, 2.05) is 24.3 Å². The second-order valence-electron chi connectivity index (χ2n) is 9.93. The number of carbonyl (C=O) groups excluding carboxylic acids is 1. The van der Waals surface area contributed by atoms with Gasteiger partial charge in [-0.2, -0.15) is 13.2 Å². The van der Waals surface area contributed by atoms with Crippen LogP contribution in [-0.2, 0) is 27.7 Å². The summed E-state index contributed by atoms with van der Waals surface area (Å²) in [5.74, 6) is 1.57. The number of rotatable bonds is 9. The van der Waals surface area contributed by atoms with Gasteiger partial charge in [0.15, 0.2) is 11.0 Å². The Balaban J connectivity index is 1.41. The smallest absolute Gasteiger partial charge is 0.416 e. The van der Waals surface area contributed by atoms with Crippen LogP contribution in [0.25, 0.3) is 5.69 Å². The van der Waals surface area contributed by atoms with E-state index < -0.39 is 17.2 Å². The average molecular weight is 561 g/mol. The van der Waals surface area contributed by atoms with Crippen LogP contribution in [0.3, 0.4) is 0 Å². The molecule has 2 heterocycles. The molecule has 1 saturated carbocycles. The van der Waals surface area contributed by atoms with Gasteiger partial charge in [-0.25, -0.2) is 0 Å². The van der Waals surface area contributed by atoms with E-state index in [4.69, 9.17) is 9.47 Å². The number of amides is 1. The lowest BCUT2D eigenvalue weighted by atomic mass is 9.78. The van der Waals surface area contributed by atoms with Crippen molar-refractivity contribution in [2.24, 2.45) is 0 Å². The maximum atomic E-state index is 13.7. The first-order valence-electron chi connectivity index (χ1n) is 13.1. The number of aromatic nitrogens is 3. The number of carbonyl (C=O) groups is 1. The quantitative estimate of drug-likeness (QED) is 0.339. The fraction of sp³-hybridized carbons (Fsp3) is 0.464. The first-order valence-corrected chi connectivity index (χ1v) is 14.1. The van der Waals surface area contributed by atoms with Crippen molar-refractivity contribution in [1.29, 1.82) is 0 Å². The zero-order chi connectivity index (χ0) is 27.5. The van der Waals surface area contributed by atoms with E-state index in [0.717, 1.165) is 49.1 Å². The normalized spacial score (nSPS) is 18.8. The monoisotopic (exact) mass is 560 g/mol. The van der Waals surface area contributed by atoms with Crippen molar-refractivity contribution < 1.29 is 27.4 Å². The molecule has 1 N–H and O–H groups in total. The molecule has 2 fully saturated rings. The number of alkyl halides is 3. The molecule has 1 aromatic heterocycles. The molecule has 1 saturated heterocycles. The van der Waals surface area contributed by atoms with E-state index in [9.17, 15) is 18.0 Å². The summed E-state index contributed by atoms with van der Waals surface area (Å²) >= 11 is 1.39. The summed E-state index contributed by atoms with van der Waals surface area (Å²) in [5, 5.41) is 12.1. The Morgan fingerprint density at radius 3 is 2.59 bits per heavy atom. The summed E-state index contributed by atoms with van der Waals surface area (Å²) in [6, 6.07) is 12.6. The number of benzene rings is 2. The van der Waals surface area contributed by atoms with Gasteiger partial charge in [-0.05, 0) is 61.6 Å². The van der Waals surface area contributed by atoms with Crippen molar-refractivity contribution in [2.75, 3.05) is 19.5 Å². The van der Waals surface area contributed by atoms with Gasteiger partial charge >= 0.3 is 6.18 Å². The molecule has 39 heavy (non-hydrogen) atoms. The number of nitrogens with one attached hydrogen (secondary N) is 1. The van der Waals surface area contributed by atoms with Gasteiger partial charge in [0.05, 0.1) is 36.4 Å². The van der Waals surface area contributed by atoms with Gasteiger partial charge in [0.1, 0.15) is 5.75 Å². The molecule has 1 aliphatic heterocycles.